The molecule has 0 aliphatic carbocycles. The average Bonchev–Trinajstić information content (AvgIpc) is 3.14. The first kappa shape index (κ1) is 21.6. The van der Waals surface area contributed by atoms with Crippen LogP contribution in [0.3, 0.4) is 0 Å². The molecule has 1 amide bonds. The number of hydrazone groups is 1. The molecule has 158 valence electrons. The number of hydrogen-bond acceptors (Lipinski definition) is 3. The van der Waals surface area contributed by atoms with Crippen LogP contribution in [-0.4, -0.2) is 16.7 Å². The highest BCUT2D eigenvalue weighted by molar-refractivity contribution is 6.35. The van der Waals surface area contributed by atoms with Crippen molar-refractivity contribution in [3.05, 3.63) is 106 Å². The van der Waals surface area contributed by atoms with E-state index in [-0.39, 0.29) is 0 Å². The summed E-state index contributed by atoms with van der Waals surface area (Å²) in [6.45, 7) is 0.557. The molecule has 0 radical (unpaired) electrons. The van der Waals surface area contributed by atoms with Crippen molar-refractivity contribution in [2.75, 3.05) is 0 Å². The summed E-state index contributed by atoms with van der Waals surface area (Å²) in [5.41, 5.74) is 5.88. The Morgan fingerprint density at radius 2 is 1.84 bits per heavy atom. The van der Waals surface area contributed by atoms with E-state index in [9.17, 15) is 10.1 Å². The highest BCUT2D eigenvalue weighted by Gasteiger charge is 2.19. The molecule has 1 heterocycles. The zero-order valence-corrected chi connectivity index (χ0v) is 18.4. The van der Waals surface area contributed by atoms with Crippen LogP contribution in [0, 0.1) is 11.3 Å². The molecule has 3 aromatic carbocycles. The molecule has 32 heavy (non-hydrogen) atoms. The number of hydrogen-bond donors (Lipinski definition) is 1. The van der Waals surface area contributed by atoms with Crippen molar-refractivity contribution >= 4 is 46.2 Å². The van der Waals surface area contributed by atoms with Crippen LogP contribution >= 0.6 is 23.2 Å². The number of amides is 1. The lowest BCUT2D eigenvalue weighted by atomic mass is 10.0. The first-order chi connectivity index (χ1) is 15.6. The van der Waals surface area contributed by atoms with Crippen molar-refractivity contribution in [3.8, 4) is 6.07 Å². The lowest BCUT2D eigenvalue weighted by Gasteiger charge is -2.08. The van der Waals surface area contributed by atoms with Crippen molar-refractivity contribution in [2.45, 2.75) is 12.5 Å². The zero-order valence-electron chi connectivity index (χ0n) is 16.9. The molecule has 0 unspecified atom stereocenters. The van der Waals surface area contributed by atoms with E-state index >= 15 is 0 Å². The number of nitriles is 1. The van der Waals surface area contributed by atoms with Gasteiger partial charge in [-0.25, -0.2) is 5.43 Å². The molecule has 0 aliphatic heterocycles. The van der Waals surface area contributed by atoms with E-state index in [1.807, 2.05) is 54.7 Å². The highest BCUT2D eigenvalue weighted by Crippen LogP contribution is 2.25. The third-order valence-electron chi connectivity index (χ3n) is 5.08. The molecule has 7 heteroatoms. The second-order valence-electron chi connectivity index (χ2n) is 7.17. The number of fused-ring (bicyclic) bond motifs is 1. The first-order valence-electron chi connectivity index (χ1n) is 9.86. The molecule has 4 aromatic rings. The number of para-hydroxylation sites is 1. The molecule has 1 N–H and O–H groups in total. The second kappa shape index (κ2) is 9.69. The van der Waals surface area contributed by atoms with E-state index in [4.69, 9.17) is 23.2 Å². The van der Waals surface area contributed by atoms with Crippen LogP contribution in [0.5, 0.6) is 0 Å². The zero-order chi connectivity index (χ0) is 22.5. The molecule has 5 nitrogen and oxygen atoms in total. The number of nitrogens with zero attached hydrogens (tertiary/aromatic N) is 3. The fourth-order valence-corrected chi connectivity index (χ4v) is 3.97. The number of aromatic nitrogens is 1. The first-order valence-corrected chi connectivity index (χ1v) is 10.6. The van der Waals surface area contributed by atoms with Gasteiger partial charge < -0.3 is 4.57 Å². The Morgan fingerprint density at radius 1 is 1.09 bits per heavy atom. The van der Waals surface area contributed by atoms with Crippen molar-refractivity contribution in [2.24, 2.45) is 5.10 Å². The monoisotopic (exact) mass is 460 g/mol. The Kier molecular flexibility index (Phi) is 6.55. The lowest BCUT2D eigenvalue weighted by Crippen LogP contribution is -2.24. The summed E-state index contributed by atoms with van der Waals surface area (Å²) in [5.74, 6) is -1.41. The van der Waals surface area contributed by atoms with Gasteiger partial charge in [0, 0.05) is 39.3 Å². The Hall–Kier alpha value is -3.59. The average molecular weight is 461 g/mol. The minimum absolute atomic E-state index is 0.480. The molecule has 0 fully saturated rings. The van der Waals surface area contributed by atoms with Crippen molar-refractivity contribution in [1.82, 2.24) is 9.99 Å². The quantitative estimate of drug-likeness (QED) is 0.293. The SMILES string of the molecule is N#C[C@@H](C(=O)N/N=C\c1cn(Cc2ccc(Cl)cc2Cl)c2ccccc12)c1ccccc1. The Balaban J connectivity index is 1.56. The van der Waals surface area contributed by atoms with E-state index in [1.165, 1.54) is 0 Å². The summed E-state index contributed by atoms with van der Waals surface area (Å²) >= 11 is 12.4. The molecule has 4 rings (SSSR count). The van der Waals surface area contributed by atoms with Crippen molar-refractivity contribution < 1.29 is 4.79 Å². The van der Waals surface area contributed by atoms with E-state index in [1.54, 1.807) is 36.5 Å². The fraction of sp³-hybridized carbons (Fsp3) is 0.0800. The minimum Gasteiger partial charge on any atom is -0.342 e. The predicted octanol–water partition coefficient (Wildman–Crippen LogP) is 5.75. The molecular formula is C25H18Cl2N4O. The molecule has 0 bridgehead atoms. The smallest absolute Gasteiger partial charge is 0.261 e. The van der Waals surface area contributed by atoms with Crippen LogP contribution in [0.25, 0.3) is 10.9 Å². The van der Waals surface area contributed by atoms with Gasteiger partial charge in [0.15, 0.2) is 5.92 Å². The molecule has 1 atom stereocenters. The van der Waals surface area contributed by atoms with Crippen LogP contribution in [-0.2, 0) is 11.3 Å². The normalized spacial score (nSPS) is 12.0. The molecule has 0 aliphatic rings. The fourth-order valence-electron chi connectivity index (χ4n) is 3.50. The van der Waals surface area contributed by atoms with E-state index in [2.05, 4.69) is 15.1 Å². The van der Waals surface area contributed by atoms with Gasteiger partial charge >= 0.3 is 0 Å². The Bertz CT molecular complexity index is 1340. The Morgan fingerprint density at radius 3 is 2.59 bits per heavy atom. The summed E-state index contributed by atoms with van der Waals surface area (Å²) in [6.07, 6.45) is 3.53. The van der Waals surface area contributed by atoms with Crippen LogP contribution in [0.15, 0.2) is 84.1 Å². The Labute approximate surface area is 195 Å². The molecule has 1 aromatic heterocycles. The van der Waals surface area contributed by atoms with Gasteiger partial charge in [0.25, 0.3) is 5.91 Å². The van der Waals surface area contributed by atoms with Crippen molar-refractivity contribution in [1.29, 1.82) is 5.26 Å². The maximum atomic E-state index is 12.5. The highest BCUT2D eigenvalue weighted by atomic mass is 35.5. The third-order valence-corrected chi connectivity index (χ3v) is 5.66. The van der Waals surface area contributed by atoms with E-state index in [0.29, 0.717) is 22.2 Å². The summed E-state index contributed by atoms with van der Waals surface area (Å²) < 4.78 is 2.07. The predicted molar refractivity (Wildman–Crippen MR) is 128 cm³/mol. The molecule has 0 spiro atoms. The summed E-state index contributed by atoms with van der Waals surface area (Å²) in [6, 6.07) is 24.3. The van der Waals surface area contributed by atoms with E-state index in [0.717, 1.165) is 22.0 Å². The summed E-state index contributed by atoms with van der Waals surface area (Å²) in [4.78, 5) is 12.5. The topological polar surface area (TPSA) is 70.2 Å². The lowest BCUT2D eigenvalue weighted by molar-refractivity contribution is -0.121. The van der Waals surface area contributed by atoms with Gasteiger partial charge in [-0.1, -0.05) is 77.8 Å². The van der Waals surface area contributed by atoms with Crippen molar-refractivity contribution in [3.63, 3.8) is 0 Å². The number of carbonyl (C=O) groups excluding carboxylic acids is 1. The number of rotatable bonds is 6. The van der Waals surface area contributed by atoms with Gasteiger partial charge in [0.05, 0.1) is 12.3 Å². The van der Waals surface area contributed by atoms with Gasteiger partial charge in [-0.15, -0.1) is 0 Å². The standard InChI is InChI=1S/C25H18Cl2N4O/c26-20-11-10-18(23(27)12-20)15-31-16-19(21-8-4-5-9-24(21)31)14-29-30-25(32)22(13-28)17-6-2-1-3-7-17/h1-12,14,16,22H,15H2,(H,30,32)/b29-14-/t22-/m1/s1. The van der Waals surface area contributed by atoms with Crippen LogP contribution in [0.1, 0.15) is 22.6 Å². The van der Waals surface area contributed by atoms with Crippen LogP contribution in [0.4, 0.5) is 0 Å². The van der Waals surface area contributed by atoms with Crippen LogP contribution < -0.4 is 5.43 Å². The largest absolute Gasteiger partial charge is 0.342 e. The second-order valence-corrected chi connectivity index (χ2v) is 8.02. The molecular weight excluding hydrogens is 443 g/mol. The number of halogens is 2. The van der Waals surface area contributed by atoms with Gasteiger partial charge in [-0.05, 0) is 29.3 Å². The number of nitrogens with one attached hydrogen (secondary N) is 1. The molecule has 0 saturated carbocycles. The van der Waals surface area contributed by atoms with Gasteiger partial charge in [0.1, 0.15) is 0 Å². The van der Waals surface area contributed by atoms with Gasteiger partial charge in [-0.3, -0.25) is 4.79 Å². The summed E-state index contributed by atoms with van der Waals surface area (Å²) in [7, 11) is 0. The summed E-state index contributed by atoms with van der Waals surface area (Å²) in [5, 5.41) is 15.7. The minimum atomic E-state index is -0.929. The number of carbonyl (C=O) groups is 1. The maximum Gasteiger partial charge on any atom is 0.261 e. The number of benzene rings is 3. The maximum absolute atomic E-state index is 12.5. The van der Waals surface area contributed by atoms with Gasteiger partial charge in [-0.2, -0.15) is 10.4 Å². The molecule has 0 saturated heterocycles. The third kappa shape index (κ3) is 4.67. The van der Waals surface area contributed by atoms with Crippen LogP contribution in [0.2, 0.25) is 10.0 Å². The van der Waals surface area contributed by atoms with Gasteiger partial charge in [0.2, 0.25) is 0 Å². The van der Waals surface area contributed by atoms with E-state index < -0.39 is 11.8 Å².